The smallest absolute Gasteiger partial charge is 0.287 e. The fraction of sp³-hybridized carbons (Fsp3) is 0.438. The van der Waals surface area contributed by atoms with Gasteiger partial charge >= 0.3 is 0 Å². The molecule has 1 aliphatic rings. The van der Waals surface area contributed by atoms with Crippen molar-refractivity contribution in [3.63, 3.8) is 0 Å². The number of aryl methyl sites for hydroxylation is 2. The van der Waals surface area contributed by atoms with Gasteiger partial charge < -0.3 is 19.0 Å². The number of nitrogens with one attached hydrogen (secondary N) is 1. The Morgan fingerprint density at radius 1 is 1.57 bits per heavy atom. The fourth-order valence-corrected chi connectivity index (χ4v) is 2.87. The normalized spacial score (nSPS) is 16.7. The van der Waals surface area contributed by atoms with Crippen LogP contribution in [0.5, 0.6) is 5.75 Å². The molecule has 0 saturated heterocycles. The lowest BCUT2D eigenvalue weighted by atomic mass is 9.99. The minimum absolute atomic E-state index is 0.0221. The molecule has 7 nitrogen and oxygen atoms in total. The molecule has 0 aromatic carbocycles. The van der Waals surface area contributed by atoms with Gasteiger partial charge in [-0.3, -0.25) is 9.59 Å². The first-order chi connectivity index (χ1) is 11.1. The largest absolute Gasteiger partial charge is 0.490 e. The second kappa shape index (κ2) is 6.28. The summed E-state index contributed by atoms with van der Waals surface area (Å²) in [5.41, 5.74) is 0.604. The number of imidazole rings is 1. The summed E-state index contributed by atoms with van der Waals surface area (Å²) in [5.74, 6) is 0.819. The third-order valence-corrected chi connectivity index (χ3v) is 4.00. The molecule has 1 aliphatic heterocycles. The van der Waals surface area contributed by atoms with Crippen molar-refractivity contribution in [2.75, 3.05) is 13.7 Å². The number of amides is 1. The van der Waals surface area contributed by atoms with Gasteiger partial charge in [-0.15, -0.1) is 0 Å². The summed E-state index contributed by atoms with van der Waals surface area (Å²) in [6.07, 6.45) is 5.21. The number of rotatable bonds is 4. The van der Waals surface area contributed by atoms with Gasteiger partial charge in [-0.1, -0.05) is 0 Å². The first-order valence-electron chi connectivity index (χ1n) is 7.57. The molecule has 1 amide bonds. The predicted octanol–water partition coefficient (Wildman–Crippen LogP) is 1.46. The highest BCUT2D eigenvalue weighted by molar-refractivity contribution is 5.91. The van der Waals surface area contributed by atoms with Crippen LogP contribution in [0.1, 0.15) is 40.8 Å². The maximum absolute atomic E-state index is 12.1. The van der Waals surface area contributed by atoms with Gasteiger partial charge in [-0.2, -0.15) is 0 Å². The number of hydrogen-bond acceptors (Lipinski definition) is 5. The van der Waals surface area contributed by atoms with Gasteiger partial charge in [0.2, 0.25) is 11.2 Å². The molecule has 0 saturated carbocycles. The Morgan fingerprint density at radius 3 is 3.13 bits per heavy atom. The number of carbonyl (C=O) groups is 1. The Hall–Kier alpha value is -2.57. The van der Waals surface area contributed by atoms with Crippen molar-refractivity contribution in [3.8, 4) is 5.75 Å². The highest BCUT2D eigenvalue weighted by atomic mass is 16.5. The third-order valence-electron chi connectivity index (χ3n) is 4.00. The SMILES string of the molecule is COc1coc(C(=O)NC[C@@H]2CCCn3cc(C)nc32)cc1=O. The topological polar surface area (TPSA) is 86.4 Å². The predicted molar refractivity (Wildman–Crippen MR) is 82.8 cm³/mol. The minimum atomic E-state index is -0.412. The molecule has 0 bridgehead atoms. The van der Waals surface area contributed by atoms with Gasteiger partial charge in [0.25, 0.3) is 5.91 Å². The lowest BCUT2D eigenvalue weighted by Crippen LogP contribution is -2.31. The number of hydrogen-bond donors (Lipinski definition) is 1. The van der Waals surface area contributed by atoms with E-state index in [1.54, 1.807) is 0 Å². The summed E-state index contributed by atoms with van der Waals surface area (Å²) in [4.78, 5) is 28.4. The third kappa shape index (κ3) is 3.13. The van der Waals surface area contributed by atoms with Gasteiger partial charge in [0.15, 0.2) is 5.76 Å². The number of nitrogens with zero attached hydrogens (tertiary/aromatic N) is 2. The van der Waals surface area contributed by atoms with Crippen molar-refractivity contribution in [2.45, 2.75) is 32.2 Å². The van der Waals surface area contributed by atoms with Crippen LogP contribution in [0, 0.1) is 6.92 Å². The van der Waals surface area contributed by atoms with Crippen LogP contribution < -0.4 is 15.5 Å². The van der Waals surface area contributed by atoms with Crippen molar-refractivity contribution in [1.82, 2.24) is 14.9 Å². The Morgan fingerprint density at radius 2 is 2.39 bits per heavy atom. The van der Waals surface area contributed by atoms with Crippen LogP contribution in [0.2, 0.25) is 0 Å². The Bertz CT molecular complexity index is 778. The van der Waals surface area contributed by atoms with E-state index in [4.69, 9.17) is 9.15 Å². The lowest BCUT2D eigenvalue weighted by molar-refractivity contribution is 0.0918. The molecule has 2 aromatic heterocycles. The molecular formula is C16H19N3O4. The minimum Gasteiger partial charge on any atom is -0.490 e. The van der Waals surface area contributed by atoms with Gasteiger partial charge in [0.05, 0.1) is 12.8 Å². The van der Waals surface area contributed by atoms with Crippen LogP contribution in [0.15, 0.2) is 27.7 Å². The number of methoxy groups -OCH3 is 1. The Balaban J connectivity index is 1.68. The lowest BCUT2D eigenvalue weighted by Gasteiger charge is -2.23. The molecule has 1 N–H and O–H groups in total. The second-order valence-corrected chi connectivity index (χ2v) is 5.66. The summed E-state index contributed by atoms with van der Waals surface area (Å²) in [6, 6.07) is 1.14. The molecule has 0 aliphatic carbocycles. The summed E-state index contributed by atoms with van der Waals surface area (Å²) < 4.78 is 12.1. The zero-order valence-corrected chi connectivity index (χ0v) is 13.2. The number of fused-ring (bicyclic) bond motifs is 1. The van der Waals surface area contributed by atoms with E-state index in [-0.39, 0.29) is 22.9 Å². The maximum atomic E-state index is 12.1. The molecule has 1 atom stereocenters. The van der Waals surface area contributed by atoms with Crippen molar-refractivity contribution in [2.24, 2.45) is 0 Å². The van der Waals surface area contributed by atoms with Gasteiger partial charge in [-0.05, 0) is 19.8 Å². The quantitative estimate of drug-likeness (QED) is 0.922. The van der Waals surface area contributed by atoms with Gasteiger partial charge in [-0.25, -0.2) is 4.98 Å². The van der Waals surface area contributed by atoms with Crippen LogP contribution in [-0.4, -0.2) is 29.1 Å². The van der Waals surface area contributed by atoms with Crippen LogP contribution in [-0.2, 0) is 6.54 Å². The highest BCUT2D eigenvalue weighted by Crippen LogP contribution is 2.26. The van der Waals surface area contributed by atoms with Gasteiger partial charge in [0, 0.05) is 31.3 Å². The van der Waals surface area contributed by atoms with E-state index in [1.165, 1.54) is 7.11 Å². The summed E-state index contributed by atoms with van der Waals surface area (Å²) >= 11 is 0. The molecule has 122 valence electrons. The zero-order valence-electron chi connectivity index (χ0n) is 13.2. The number of aromatic nitrogens is 2. The Kier molecular flexibility index (Phi) is 4.18. The molecule has 0 fully saturated rings. The van der Waals surface area contributed by atoms with Crippen molar-refractivity contribution < 1.29 is 13.9 Å². The standard InChI is InChI=1S/C16H19N3O4/c1-10-8-19-5-3-4-11(15(19)18-10)7-17-16(21)13-6-12(20)14(22-2)9-23-13/h6,8-9,11H,3-5,7H2,1-2H3,(H,17,21)/t11-/m0/s1. The van der Waals surface area contributed by atoms with E-state index in [0.717, 1.165) is 43.2 Å². The van der Waals surface area contributed by atoms with E-state index in [2.05, 4.69) is 14.9 Å². The summed E-state index contributed by atoms with van der Waals surface area (Å²) in [5, 5.41) is 2.82. The second-order valence-electron chi connectivity index (χ2n) is 5.66. The number of carbonyl (C=O) groups excluding carboxylic acids is 1. The highest BCUT2D eigenvalue weighted by Gasteiger charge is 2.23. The zero-order chi connectivity index (χ0) is 16.4. The first kappa shape index (κ1) is 15.3. The summed E-state index contributed by atoms with van der Waals surface area (Å²) in [6.45, 7) is 3.39. The molecule has 3 heterocycles. The van der Waals surface area contributed by atoms with E-state index in [9.17, 15) is 9.59 Å². The van der Waals surface area contributed by atoms with Crippen molar-refractivity contribution >= 4 is 5.91 Å². The molecule has 0 unspecified atom stereocenters. The molecule has 23 heavy (non-hydrogen) atoms. The monoisotopic (exact) mass is 317 g/mol. The Labute approximate surface area is 133 Å². The maximum Gasteiger partial charge on any atom is 0.287 e. The average Bonchev–Trinajstić information content (AvgIpc) is 2.93. The van der Waals surface area contributed by atoms with E-state index >= 15 is 0 Å². The van der Waals surface area contributed by atoms with Crippen LogP contribution >= 0.6 is 0 Å². The molecule has 7 heteroatoms. The average molecular weight is 317 g/mol. The van der Waals surface area contributed by atoms with Crippen LogP contribution in [0.4, 0.5) is 0 Å². The van der Waals surface area contributed by atoms with E-state index < -0.39 is 5.91 Å². The molecule has 0 radical (unpaired) electrons. The van der Waals surface area contributed by atoms with Crippen molar-refractivity contribution in [3.05, 3.63) is 46.0 Å². The molecule has 0 spiro atoms. The molecule has 3 rings (SSSR count). The fourth-order valence-electron chi connectivity index (χ4n) is 2.87. The molecular weight excluding hydrogens is 298 g/mol. The van der Waals surface area contributed by atoms with Crippen LogP contribution in [0.3, 0.4) is 0 Å². The van der Waals surface area contributed by atoms with Crippen molar-refractivity contribution in [1.29, 1.82) is 0 Å². The summed E-state index contributed by atoms with van der Waals surface area (Å²) in [7, 11) is 1.37. The van der Waals surface area contributed by atoms with E-state index in [0.29, 0.717) is 6.54 Å². The van der Waals surface area contributed by atoms with E-state index in [1.807, 2.05) is 13.1 Å². The molecule has 2 aromatic rings. The number of ether oxygens (including phenoxy) is 1. The van der Waals surface area contributed by atoms with Crippen LogP contribution in [0.25, 0.3) is 0 Å². The first-order valence-corrected chi connectivity index (χ1v) is 7.57. The van der Waals surface area contributed by atoms with Gasteiger partial charge in [0.1, 0.15) is 12.1 Å².